The standard InChI is InChI=1S/C25H20F3NO3S/c1-32-23(31)24(18-10-4-2-5-11-18)22(17-9-8-12-19(15-17)25(26,27)28)29(21(30)16-33-24)20-13-6-3-7-14-20/h2-15,22H,16H2,1H3. The predicted octanol–water partition coefficient (Wildman–Crippen LogP) is 5.60. The molecule has 3 aromatic carbocycles. The van der Waals surface area contributed by atoms with Crippen LogP contribution in [0.25, 0.3) is 0 Å². The van der Waals surface area contributed by atoms with Crippen LogP contribution in [0.4, 0.5) is 18.9 Å². The van der Waals surface area contributed by atoms with Gasteiger partial charge in [-0.15, -0.1) is 11.8 Å². The number of hydrogen-bond donors (Lipinski definition) is 0. The molecular formula is C25H20F3NO3S. The molecule has 0 aliphatic carbocycles. The SMILES string of the molecule is COC(=O)C1(c2ccccc2)SCC(=O)N(c2ccccc2)C1c1cccc(C(F)(F)F)c1. The molecule has 170 valence electrons. The van der Waals surface area contributed by atoms with E-state index < -0.39 is 28.5 Å². The number of esters is 1. The summed E-state index contributed by atoms with van der Waals surface area (Å²) in [6, 6.07) is 21.0. The van der Waals surface area contributed by atoms with Gasteiger partial charge in [0.25, 0.3) is 0 Å². The van der Waals surface area contributed by atoms with E-state index in [1.165, 1.54) is 24.1 Å². The Morgan fingerprint density at radius 2 is 1.64 bits per heavy atom. The van der Waals surface area contributed by atoms with Crippen LogP contribution in [0.3, 0.4) is 0 Å². The van der Waals surface area contributed by atoms with Crippen LogP contribution in [-0.4, -0.2) is 24.7 Å². The normalized spacial score (nSPS) is 21.0. The molecular weight excluding hydrogens is 451 g/mol. The third kappa shape index (κ3) is 4.11. The van der Waals surface area contributed by atoms with Crippen LogP contribution in [-0.2, 0) is 25.2 Å². The lowest BCUT2D eigenvalue weighted by Crippen LogP contribution is -2.55. The second kappa shape index (κ2) is 8.94. The van der Waals surface area contributed by atoms with Gasteiger partial charge >= 0.3 is 12.1 Å². The van der Waals surface area contributed by atoms with Gasteiger partial charge in [-0.1, -0.05) is 60.7 Å². The largest absolute Gasteiger partial charge is 0.468 e. The van der Waals surface area contributed by atoms with Crippen molar-refractivity contribution in [2.75, 3.05) is 17.8 Å². The summed E-state index contributed by atoms with van der Waals surface area (Å²) in [6.07, 6.45) is -4.58. The van der Waals surface area contributed by atoms with E-state index in [0.29, 0.717) is 11.3 Å². The Hall–Kier alpha value is -3.26. The Balaban J connectivity index is 2.03. The number of carbonyl (C=O) groups excluding carboxylic acids is 2. The third-order valence-electron chi connectivity index (χ3n) is 5.59. The van der Waals surface area contributed by atoms with E-state index in [1.807, 2.05) is 0 Å². The van der Waals surface area contributed by atoms with Crippen molar-refractivity contribution in [1.82, 2.24) is 0 Å². The van der Waals surface area contributed by atoms with E-state index in [-0.39, 0.29) is 17.2 Å². The summed E-state index contributed by atoms with van der Waals surface area (Å²) in [5.74, 6) is -1.01. The average molecular weight is 472 g/mol. The highest BCUT2D eigenvalue weighted by Gasteiger charge is 2.57. The van der Waals surface area contributed by atoms with Gasteiger partial charge in [0.15, 0.2) is 4.75 Å². The Morgan fingerprint density at radius 1 is 1.00 bits per heavy atom. The molecule has 0 spiro atoms. The number of halogens is 3. The summed E-state index contributed by atoms with van der Waals surface area (Å²) in [5, 5.41) is 0. The summed E-state index contributed by atoms with van der Waals surface area (Å²) >= 11 is 1.07. The van der Waals surface area contributed by atoms with Crippen LogP contribution in [0, 0.1) is 0 Å². The minimum atomic E-state index is -4.58. The van der Waals surface area contributed by atoms with Crippen LogP contribution >= 0.6 is 11.8 Å². The molecule has 33 heavy (non-hydrogen) atoms. The number of ether oxygens (including phenoxy) is 1. The number of anilines is 1. The Kier molecular flexibility index (Phi) is 6.21. The fourth-order valence-corrected chi connectivity index (χ4v) is 5.56. The second-order valence-electron chi connectivity index (χ2n) is 7.51. The summed E-state index contributed by atoms with van der Waals surface area (Å²) in [4.78, 5) is 28.1. The van der Waals surface area contributed by atoms with Gasteiger partial charge in [-0.2, -0.15) is 13.2 Å². The van der Waals surface area contributed by atoms with Crippen molar-refractivity contribution in [3.63, 3.8) is 0 Å². The van der Waals surface area contributed by atoms with Gasteiger partial charge in [-0.05, 0) is 35.4 Å². The first-order chi connectivity index (χ1) is 15.8. The molecule has 3 aromatic rings. The highest BCUT2D eigenvalue weighted by atomic mass is 32.2. The number of para-hydroxylation sites is 1. The average Bonchev–Trinajstić information content (AvgIpc) is 2.84. The number of amides is 1. The monoisotopic (exact) mass is 471 g/mol. The molecule has 8 heteroatoms. The fourth-order valence-electron chi connectivity index (χ4n) is 4.17. The van der Waals surface area contributed by atoms with Crippen molar-refractivity contribution < 1.29 is 27.5 Å². The van der Waals surface area contributed by atoms with E-state index in [2.05, 4.69) is 0 Å². The first kappa shape index (κ1) is 22.9. The molecule has 0 saturated carbocycles. The van der Waals surface area contributed by atoms with Gasteiger partial charge < -0.3 is 9.64 Å². The lowest BCUT2D eigenvalue weighted by molar-refractivity contribution is -0.144. The number of hydrogen-bond acceptors (Lipinski definition) is 4. The molecule has 2 atom stereocenters. The summed E-state index contributed by atoms with van der Waals surface area (Å²) in [7, 11) is 1.24. The molecule has 0 aromatic heterocycles. The van der Waals surface area contributed by atoms with E-state index in [1.54, 1.807) is 60.7 Å². The van der Waals surface area contributed by atoms with Gasteiger partial charge in [0.1, 0.15) is 0 Å². The molecule has 1 saturated heterocycles. The molecule has 1 fully saturated rings. The molecule has 4 nitrogen and oxygen atoms in total. The lowest BCUT2D eigenvalue weighted by Gasteiger charge is -2.47. The van der Waals surface area contributed by atoms with E-state index >= 15 is 0 Å². The topological polar surface area (TPSA) is 46.6 Å². The number of rotatable bonds is 4. The van der Waals surface area contributed by atoms with Crippen LogP contribution in [0.2, 0.25) is 0 Å². The maximum Gasteiger partial charge on any atom is 0.416 e. The maximum atomic E-state index is 13.6. The van der Waals surface area contributed by atoms with E-state index in [9.17, 15) is 22.8 Å². The minimum absolute atomic E-state index is 0.0473. The zero-order valence-corrected chi connectivity index (χ0v) is 18.4. The zero-order valence-electron chi connectivity index (χ0n) is 17.6. The smallest absolute Gasteiger partial charge is 0.416 e. The molecule has 1 aliphatic heterocycles. The van der Waals surface area contributed by atoms with Gasteiger partial charge in [0.2, 0.25) is 5.91 Å². The highest BCUT2D eigenvalue weighted by Crippen LogP contribution is 2.54. The van der Waals surface area contributed by atoms with Crippen molar-refractivity contribution in [3.05, 3.63) is 102 Å². The minimum Gasteiger partial charge on any atom is -0.468 e. The number of carbonyl (C=O) groups is 2. The van der Waals surface area contributed by atoms with Crippen molar-refractivity contribution >= 4 is 29.3 Å². The number of benzene rings is 3. The number of alkyl halides is 3. The zero-order chi connectivity index (χ0) is 23.6. The van der Waals surface area contributed by atoms with Gasteiger partial charge in [0, 0.05) is 5.69 Å². The molecule has 0 bridgehead atoms. The summed E-state index contributed by atoms with van der Waals surface area (Å²) in [5.41, 5.74) is 0.346. The number of nitrogens with zero attached hydrogens (tertiary/aromatic N) is 1. The third-order valence-corrected chi connectivity index (χ3v) is 7.06. The van der Waals surface area contributed by atoms with Crippen molar-refractivity contribution in [1.29, 1.82) is 0 Å². The Morgan fingerprint density at radius 3 is 2.24 bits per heavy atom. The highest BCUT2D eigenvalue weighted by molar-refractivity contribution is 8.01. The number of thioether (sulfide) groups is 1. The van der Waals surface area contributed by atoms with E-state index in [0.717, 1.165) is 23.9 Å². The fraction of sp³-hybridized carbons (Fsp3) is 0.200. The van der Waals surface area contributed by atoms with Gasteiger partial charge in [0.05, 0.1) is 24.5 Å². The van der Waals surface area contributed by atoms with Crippen LogP contribution < -0.4 is 4.90 Å². The molecule has 4 rings (SSSR count). The second-order valence-corrected chi connectivity index (χ2v) is 8.73. The van der Waals surface area contributed by atoms with Crippen LogP contribution in [0.1, 0.15) is 22.7 Å². The molecule has 2 unspecified atom stereocenters. The molecule has 0 N–H and O–H groups in total. The Labute approximate surface area is 193 Å². The number of methoxy groups -OCH3 is 1. The molecule has 1 heterocycles. The van der Waals surface area contributed by atoms with Crippen LogP contribution in [0.5, 0.6) is 0 Å². The quantitative estimate of drug-likeness (QED) is 0.465. The lowest BCUT2D eigenvalue weighted by atomic mass is 9.83. The Bertz CT molecular complexity index is 1150. The maximum absolute atomic E-state index is 13.6. The van der Waals surface area contributed by atoms with Crippen molar-refractivity contribution in [2.24, 2.45) is 0 Å². The van der Waals surface area contributed by atoms with Crippen molar-refractivity contribution in [2.45, 2.75) is 17.0 Å². The van der Waals surface area contributed by atoms with Gasteiger partial charge in [-0.25, -0.2) is 0 Å². The van der Waals surface area contributed by atoms with Crippen LogP contribution in [0.15, 0.2) is 84.9 Å². The molecule has 1 aliphatic rings. The van der Waals surface area contributed by atoms with Gasteiger partial charge in [-0.3, -0.25) is 9.59 Å². The summed E-state index contributed by atoms with van der Waals surface area (Å²) < 4.78 is 44.5. The molecule has 1 amide bonds. The summed E-state index contributed by atoms with van der Waals surface area (Å²) in [6.45, 7) is 0. The van der Waals surface area contributed by atoms with Crippen molar-refractivity contribution in [3.8, 4) is 0 Å². The van der Waals surface area contributed by atoms with E-state index in [4.69, 9.17) is 4.74 Å². The predicted molar refractivity (Wildman–Crippen MR) is 121 cm³/mol. The first-order valence-electron chi connectivity index (χ1n) is 10.1. The molecule has 0 radical (unpaired) electrons. The first-order valence-corrected chi connectivity index (χ1v) is 11.1.